The molecule has 4 amide bonds. The van der Waals surface area contributed by atoms with Gasteiger partial charge in [-0.25, -0.2) is 4.79 Å². The molecule has 0 radical (unpaired) electrons. The van der Waals surface area contributed by atoms with E-state index in [-0.39, 0.29) is 43.1 Å². The number of carbonyl (C=O) groups excluding carboxylic acids is 3. The summed E-state index contributed by atoms with van der Waals surface area (Å²) in [6, 6.07) is 8.13. The van der Waals surface area contributed by atoms with Crippen molar-refractivity contribution < 1.29 is 14.4 Å². The molecular weight excluding hydrogens is 348 g/mol. The Morgan fingerprint density at radius 2 is 2.00 bits per heavy atom. The highest BCUT2D eigenvalue weighted by Gasteiger charge is 2.37. The fourth-order valence-corrected chi connectivity index (χ4v) is 2.74. The zero-order chi connectivity index (χ0) is 19.4. The van der Waals surface area contributed by atoms with E-state index in [1.807, 2.05) is 44.2 Å². The Kier molecular flexibility index (Phi) is 5.49. The van der Waals surface area contributed by atoms with Gasteiger partial charge in [-0.05, 0) is 12.0 Å². The van der Waals surface area contributed by atoms with Gasteiger partial charge in [0.05, 0.1) is 6.54 Å². The second-order valence-electron chi connectivity index (χ2n) is 6.70. The van der Waals surface area contributed by atoms with Gasteiger partial charge in [-0.3, -0.25) is 24.9 Å². The van der Waals surface area contributed by atoms with Gasteiger partial charge in [0.1, 0.15) is 11.9 Å². The van der Waals surface area contributed by atoms with E-state index >= 15 is 0 Å². The van der Waals surface area contributed by atoms with Crippen LogP contribution < -0.4 is 10.6 Å². The van der Waals surface area contributed by atoms with Crippen molar-refractivity contribution in [1.82, 2.24) is 25.4 Å². The summed E-state index contributed by atoms with van der Waals surface area (Å²) in [6.45, 7) is 4.13. The van der Waals surface area contributed by atoms with Crippen molar-refractivity contribution in [2.24, 2.45) is 0 Å². The molecule has 1 aliphatic heterocycles. The molecule has 1 aromatic carbocycles. The van der Waals surface area contributed by atoms with Crippen molar-refractivity contribution in [2.75, 3.05) is 5.32 Å². The van der Waals surface area contributed by atoms with Crippen LogP contribution in [-0.2, 0) is 16.1 Å². The molecule has 1 atom stereocenters. The average Bonchev–Trinajstić information content (AvgIpc) is 3.21. The molecule has 0 bridgehead atoms. The number of anilines is 1. The SMILES string of the molecule is CC(C)c1nc(NC(=O)CCC2NC(=O)N(Cc3ccccc3)C2=O)n[nH]1. The number of aromatic nitrogens is 3. The minimum Gasteiger partial charge on any atom is -0.326 e. The lowest BCUT2D eigenvalue weighted by atomic mass is 10.1. The summed E-state index contributed by atoms with van der Waals surface area (Å²) in [4.78, 5) is 41.9. The van der Waals surface area contributed by atoms with E-state index in [9.17, 15) is 14.4 Å². The van der Waals surface area contributed by atoms with E-state index in [4.69, 9.17) is 0 Å². The highest BCUT2D eigenvalue weighted by molar-refractivity contribution is 6.04. The highest BCUT2D eigenvalue weighted by atomic mass is 16.2. The molecule has 1 fully saturated rings. The third-order valence-electron chi connectivity index (χ3n) is 4.25. The van der Waals surface area contributed by atoms with Crippen LogP contribution in [0.15, 0.2) is 30.3 Å². The maximum Gasteiger partial charge on any atom is 0.325 e. The lowest BCUT2D eigenvalue weighted by Crippen LogP contribution is -2.31. The molecule has 1 aromatic heterocycles. The topological polar surface area (TPSA) is 120 Å². The number of carbonyl (C=O) groups is 3. The Hall–Kier alpha value is -3.23. The highest BCUT2D eigenvalue weighted by Crippen LogP contribution is 2.16. The van der Waals surface area contributed by atoms with Crippen LogP contribution in [0.5, 0.6) is 0 Å². The summed E-state index contributed by atoms with van der Waals surface area (Å²) in [6.07, 6.45) is 0.282. The van der Waals surface area contributed by atoms with Crippen LogP contribution in [-0.4, -0.2) is 44.0 Å². The van der Waals surface area contributed by atoms with Crippen molar-refractivity contribution in [2.45, 2.75) is 45.2 Å². The number of H-pyrrole nitrogens is 1. The lowest BCUT2D eigenvalue weighted by molar-refractivity contribution is -0.128. The van der Waals surface area contributed by atoms with Gasteiger partial charge >= 0.3 is 6.03 Å². The number of aromatic amines is 1. The predicted octanol–water partition coefficient (Wildman–Crippen LogP) is 1.77. The summed E-state index contributed by atoms with van der Waals surface area (Å²) in [7, 11) is 0. The normalized spacial score (nSPS) is 16.7. The molecule has 2 aromatic rings. The van der Waals surface area contributed by atoms with E-state index in [2.05, 4.69) is 25.8 Å². The third kappa shape index (κ3) is 4.49. The average molecular weight is 370 g/mol. The maximum absolute atomic E-state index is 12.5. The number of amides is 4. The second-order valence-corrected chi connectivity index (χ2v) is 6.70. The first-order valence-corrected chi connectivity index (χ1v) is 8.82. The summed E-state index contributed by atoms with van der Waals surface area (Å²) in [5.74, 6) is 0.422. The van der Waals surface area contributed by atoms with Gasteiger partial charge in [-0.15, -0.1) is 5.10 Å². The Morgan fingerprint density at radius 3 is 2.67 bits per heavy atom. The molecule has 3 N–H and O–H groups in total. The van der Waals surface area contributed by atoms with Gasteiger partial charge in [0, 0.05) is 12.3 Å². The quantitative estimate of drug-likeness (QED) is 0.642. The number of nitrogens with one attached hydrogen (secondary N) is 3. The van der Waals surface area contributed by atoms with Crippen molar-refractivity contribution in [3.63, 3.8) is 0 Å². The molecule has 0 spiro atoms. The first-order valence-electron chi connectivity index (χ1n) is 8.82. The number of hydrogen-bond acceptors (Lipinski definition) is 5. The Labute approximate surface area is 156 Å². The van der Waals surface area contributed by atoms with Crippen LogP contribution in [0.25, 0.3) is 0 Å². The van der Waals surface area contributed by atoms with Gasteiger partial charge in [0.25, 0.3) is 5.91 Å². The Balaban J connectivity index is 1.51. The smallest absolute Gasteiger partial charge is 0.325 e. The standard InChI is InChI=1S/C18H22N6O3/c1-11(2)15-21-17(23-22-15)20-14(25)9-8-13-16(26)24(18(27)19-13)10-12-6-4-3-5-7-12/h3-7,11,13H,8-10H2,1-2H3,(H,19,27)(H2,20,21,22,23,25). The molecule has 3 rings (SSSR count). The molecule has 9 nitrogen and oxygen atoms in total. The molecule has 2 heterocycles. The minimum absolute atomic E-state index is 0.0708. The zero-order valence-corrected chi connectivity index (χ0v) is 15.2. The van der Waals surface area contributed by atoms with Crippen LogP contribution in [0.3, 0.4) is 0 Å². The van der Waals surface area contributed by atoms with Gasteiger partial charge in [-0.1, -0.05) is 44.2 Å². The molecule has 1 saturated heterocycles. The van der Waals surface area contributed by atoms with Crippen molar-refractivity contribution >= 4 is 23.8 Å². The van der Waals surface area contributed by atoms with Crippen LogP contribution >= 0.6 is 0 Å². The van der Waals surface area contributed by atoms with Gasteiger partial charge in [0.15, 0.2) is 0 Å². The number of urea groups is 1. The van der Waals surface area contributed by atoms with Crippen LogP contribution in [0.4, 0.5) is 10.7 Å². The molecular formula is C18H22N6O3. The van der Waals surface area contributed by atoms with Gasteiger partial charge < -0.3 is 5.32 Å². The lowest BCUT2D eigenvalue weighted by Gasteiger charge is -2.12. The second kappa shape index (κ2) is 7.98. The molecule has 0 aliphatic carbocycles. The van der Waals surface area contributed by atoms with E-state index in [1.165, 1.54) is 4.90 Å². The first kappa shape index (κ1) is 18.6. The van der Waals surface area contributed by atoms with E-state index < -0.39 is 12.1 Å². The number of hydrogen-bond donors (Lipinski definition) is 3. The van der Waals surface area contributed by atoms with Crippen LogP contribution in [0.2, 0.25) is 0 Å². The van der Waals surface area contributed by atoms with Crippen LogP contribution in [0, 0.1) is 0 Å². The van der Waals surface area contributed by atoms with E-state index in [1.54, 1.807) is 0 Å². The van der Waals surface area contributed by atoms with E-state index in [0.29, 0.717) is 5.82 Å². The summed E-state index contributed by atoms with van der Waals surface area (Å²) in [5, 5.41) is 11.9. The fraction of sp³-hybridized carbons (Fsp3) is 0.389. The predicted molar refractivity (Wildman–Crippen MR) is 97.6 cm³/mol. The van der Waals surface area contributed by atoms with Gasteiger partial charge in [-0.2, -0.15) is 4.98 Å². The number of nitrogens with zero attached hydrogens (tertiary/aromatic N) is 3. The third-order valence-corrected chi connectivity index (χ3v) is 4.25. The summed E-state index contributed by atoms with van der Waals surface area (Å²) >= 11 is 0. The Morgan fingerprint density at radius 1 is 1.26 bits per heavy atom. The molecule has 1 aliphatic rings. The van der Waals surface area contributed by atoms with Gasteiger partial charge in [0.2, 0.25) is 11.9 Å². The zero-order valence-electron chi connectivity index (χ0n) is 15.2. The Bertz CT molecular complexity index is 833. The van der Waals surface area contributed by atoms with Crippen molar-refractivity contribution in [3.8, 4) is 0 Å². The summed E-state index contributed by atoms with van der Waals surface area (Å²) in [5.41, 5.74) is 0.866. The summed E-state index contributed by atoms with van der Waals surface area (Å²) < 4.78 is 0. The van der Waals surface area contributed by atoms with E-state index in [0.717, 1.165) is 5.56 Å². The maximum atomic E-state index is 12.5. The first-order chi connectivity index (χ1) is 12.9. The van der Waals surface area contributed by atoms with Crippen molar-refractivity contribution in [1.29, 1.82) is 0 Å². The molecule has 27 heavy (non-hydrogen) atoms. The van der Waals surface area contributed by atoms with Crippen molar-refractivity contribution in [3.05, 3.63) is 41.7 Å². The molecule has 1 unspecified atom stereocenters. The molecule has 0 saturated carbocycles. The number of imide groups is 1. The minimum atomic E-state index is -0.703. The fourth-order valence-electron chi connectivity index (χ4n) is 2.74. The number of benzene rings is 1. The molecule has 142 valence electrons. The molecule has 9 heteroatoms. The largest absolute Gasteiger partial charge is 0.326 e. The van der Waals surface area contributed by atoms with Crippen LogP contribution in [0.1, 0.15) is 44.0 Å². The monoisotopic (exact) mass is 370 g/mol. The number of rotatable bonds is 7.